The van der Waals surface area contributed by atoms with E-state index in [2.05, 4.69) is 0 Å². The number of hydrogen-bond donors (Lipinski definition) is 0. The number of hydrogen-bond acceptors (Lipinski definition) is 5. The Balaban J connectivity index is 1.25. The van der Waals surface area contributed by atoms with Crippen molar-refractivity contribution in [1.82, 2.24) is 14.7 Å². The fourth-order valence-electron chi connectivity index (χ4n) is 4.31. The highest BCUT2D eigenvalue weighted by molar-refractivity contribution is 6.03. The van der Waals surface area contributed by atoms with E-state index in [4.69, 9.17) is 9.47 Å². The molecule has 4 amide bonds. The highest BCUT2D eigenvalue weighted by Gasteiger charge is 2.47. The number of piperidine rings is 1. The Hall–Kier alpha value is -2.77. The lowest BCUT2D eigenvalue weighted by Gasteiger charge is -2.36. The number of amides is 4. The maximum atomic E-state index is 13.0. The van der Waals surface area contributed by atoms with Crippen LogP contribution in [0.15, 0.2) is 18.2 Å². The molecule has 1 aromatic rings. The zero-order chi connectivity index (χ0) is 19.3. The summed E-state index contributed by atoms with van der Waals surface area (Å²) in [6, 6.07) is 5.33. The maximum Gasteiger partial charge on any atom is 0.327 e. The number of carbonyl (C=O) groups excluding carboxylic acids is 3. The quantitative estimate of drug-likeness (QED) is 0.737. The van der Waals surface area contributed by atoms with Gasteiger partial charge in [-0.05, 0) is 37.8 Å². The molecule has 0 bridgehead atoms. The summed E-state index contributed by atoms with van der Waals surface area (Å²) in [4.78, 5) is 42.7. The van der Waals surface area contributed by atoms with Crippen molar-refractivity contribution in [3.05, 3.63) is 23.8 Å². The molecule has 8 heteroatoms. The predicted molar refractivity (Wildman–Crippen MR) is 98.3 cm³/mol. The zero-order valence-electron chi connectivity index (χ0n) is 15.6. The molecule has 0 radical (unpaired) electrons. The molecule has 0 spiro atoms. The molecule has 3 aliphatic heterocycles. The van der Waals surface area contributed by atoms with E-state index in [0.717, 1.165) is 12.8 Å². The first-order valence-corrected chi connectivity index (χ1v) is 9.94. The number of imide groups is 1. The van der Waals surface area contributed by atoms with Crippen LogP contribution < -0.4 is 9.47 Å². The molecule has 0 N–H and O–H groups in total. The molecule has 5 rings (SSSR count). The molecule has 0 atom stereocenters. The van der Waals surface area contributed by atoms with E-state index in [-0.39, 0.29) is 36.5 Å². The average molecular weight is 385 g/mol. The third-order valence-corrected chi connectivity index (χ3v) is 5.93. The average Bonchev–Trinajstić information content (AvgIpc) is 3.51. The van der Waals surface area contributed by atoms with Crippen LogP contribution in [0.5, 0.6) is 11.5 Å². The molecular weight excluding hydrogens is 362 g/mol. The van der Waals surface area contributed by atoms with E-state index in [1.54, 1.807) is 28.0 Å². The van der Waals surface area contributed by atoms with E-state index >= 15 is 0 Å². The summed E-state index contributed by atoms with van der Waals surface area (Å²) < 4.78 is 11.2. The van der Waals surface area contributed by atoms with Gasteiger partial charge >= 0.3 is 6.03 Å². The van der Waals surface area contributed by atoms with E-state index in [0.29, 0.717) is 56.2 Å². The van der Waals surface area contributed by atoms with Gasteiger partial charge in [-0.25, -0.2) is 4.79 Å². The molecule has 2 saturated heterocycles. The zero-order valence-corrected chi connectivity index (χ0v) is 15.6. The van der Waals surface area contributed by atoms with Crippen molar-refractivity contribution in [2.75, 3.05) is 32.8 Å². The lowest BCUT2D eigenvalue weighted by molar-refractivity contribution is -0.125. The SMILES string of the molecule is O=C(c1cccc2c1OCCO2)N1CCC(N2CC(=O)N(C3CC3)C2=O)CC1. The second kappa shape index (κ2) is 6.68. The number of fused-ring (bicyclic) bond motifs is 1. The molecule has 3 heterocycles. The minimum absolute atomic E-state index is 0.00789. The number of para-hydroxylation sites is 1. The Labute approximate surface area is 163 Å². The van der Waals surface area contributed by atoms with Gasteiger partial charge in [0.05, 0.1) is 5.56 Å². The Morgan fingerprint density at radius 2 is 1.71 bits per heavy atom. The van der Waals surface area contributed by atoms with Gasteiger partial charge < -0.3 is 19.3 Å². The summed E-state index contributed by atoms with van der Waals surface area (Å²) in [5.74, 6) is 0.956. The van der Waals surface area contributed by atoms with Crippen LogP contribution in [-0.2, 0) is 4.79 Å². The summed E-state index contributed by atoms with van der Waals surface area (Å²) in [5, 5.41) is 0. The van der Waals surface area contributed by atoms with Gasteiger partial charge in [0.1, 0.15) is 19.8 Å². The molecule has 0 aromatic heterocycles. The highest BCUT2D eigenvalue weighted by atomic mass is 16.6. The van der Waals surface area contributed by atoms with Gasteiger partial charge in [0.25, 0.3) is 11.8 Å². The first kappa shape index (κ1) is 17.3. The minimum atomic E-state index is -0.153. The third kappa shape index (κ3) is 2.87. The smallest absolute Gasteiger partial charge is 0.327 e. The largest absolute Gasteiger partial charge is 0.486 e. The van der Waals surface area contributed by atoms with Crippen molar-refractivity contribution < 1.29 is 23.9 Å². The van der Waals surface area contributed by atoms with Crippen molar-refractivity contribution in [1.29, 1.82) is 0 Å². The van der Waals surface area contributed by atoms with E-state index in [1.165, 1.54) is 4.90 Å². The van der Waals surface area contributed by atoms with Gasteiger partial charge in [-0.3, -0.25) is 14.5 Å². The molecule has 8 nitrogen and oxygen atoms in total. The van der Waals surface area contributed by atoms with Crippen molar-refractivity contribution in [2.24, 2.45) is 0 Å². The highest BCUT2D eigenvalue weighted by Crippen LogP contribution is 2.35. The van der Waals surface area contributed by atoms with Crippen LogP contribution in [0.25, 0.3) is 0 Å². The molecule has 28 heavy (non-hydrogen) atoms. The topological polar surface area (TPSA) is 79.4 Å². The third-order valence-electron chi connectivity index (χ3n) is 5.93. The van der Waals surface area contributed by atoms with Crippen LogP contribution in [0.4, 0.5) is 4.79 Å². The summed E-state index contributed by atoms with van der Waals surface area (Å²) in [5.41, 5.74) is 0.517. The first-order chi connectivity index (χ1) is 13.6. The number of likely N-dealkylation sites (tertiary alicyclic amines) is 1. The van der Waals surface area contributed by atoms with Gasteiger partial charge in [0, 0.05) is 25.2 Å². The second-order valence-corrected chi connectivity index (χ2v) is 7.76. The number of benzene rings is 1. The van der Waals surface area contributed by atoms with Gasteiger partial charge in [-0.2, -0.15) is 0 Å². The fraction of sp³-hybridized carbons (Fsp3) is 0.550. The summed E-state index contributed by atoms with van der Waals surface area (Å²) in [6.07, 6.45) is 3.20. The van der Waals surface area contributed by atoms with Gasteiger partial charge in [0.2, 0.25) is 0 Å². The van der Waals surface area contributed by atoms with Crippen molar-refractivity contribution in [2.45, 2.75) is 37.8 Å². The Bertz CT molecular complexity index is 829. The number of carbonyl (C=O) groups is 3. The summed E-state index contributed by atoms with van der Waals surface area (Å²) in [6.45, 7) is 2.19. The molecule has 0 unspecified atom stereocenters. The Morgan fingerprint density at radius 1 is 0.964 bits per heavy atom. The Morgan fingerprint density at radius 3 is 2.46 bits per heavy atom. The number of rotatable bonds is 3. The summed E-state index contributed by atoms with van der Waals surface area (Å²) in [7, 11) is 0. The monoisotopic (exact) mass is 385 g/mol. The van der Waals surface area contributed by atoms with Crippen LogP contribution >= 0.6 is 0 Å². The Kier molecular flexibility index (Phi) is 4.14. The van der Waals surface area contributed by atoms with E-state index in [1.807, 2.05) is 0 Å². The first-order valence-electron chi connectivity index (χ1n) is 9.94. The summed E-state index contributed by atoms with van der Waals surface area (Å²) >= 11 is 0. The normalized spacial score (nSPS) is 22.8. The molecule has 148 valence electrons. The van der Waals surface area contributed by atoms with Gasteiger partial charge in [-0.1, -0.05) is 6.07 Å². The molecule has 1 aromatic carbocycles. The molecule has 3 fully saturated rings. The van der Waals surface area contributed by atoms with Crippen LogP contribution in [0.1, 0.15) is 36.0 Å². The fourth-order valence-corrected chi connectivity index (χ4v) is 4.31. The molecular formula is C20H23N3O5. The minimum Gasteiger partial charge on any atom is -0.486 e. The van der Waals surface area contributed by atoms with Crippen LogP contribution in [0.2, 0.25) is 0 Å². The standard InChI is InChI=1S/C20H23N3O5/c24-17-12-22(20(26)23(17)14-4-5-14)13-6-8-21(9-7-13)19(25)15-2-1-3-16-18(15)28-11-10-27-16/h1-3,13-14H,4-12H2. The van der Waals surface area contributed by atoms with Gasteiger partial charge in [-0.15, -0.1) is 0 Å². The molecule has 4 aliphatic rings. The molecule has 1 aliphatic carbocycles. The maximum absolute atomic E-state index is 13.0. The van der Waals surface area contributed by atoms with Crippen molar-refractivity contribution in [3.63, 3.8) is 0 Å². The van der Waals surface area contributed by atoms with Crippen molar-refractivity contribution in [3.8, 4) is 11.5 Å². The number of urea groups is 1. The van der Waals surface area contributed by atoms with Crippen LogP contribution in [0, 0.1) is 0 Å². The van der Waals surface area contributed by atoms with E-state index in [9.17, 15) is 14.4 Å². The van der Waals surface area contributed by atoms with Gasteiger partial charge in [0.15, 0.2) is 11.5 Å². The lowest BCUT2D eigenvalue weighted by atomic mass is 10.0. The second-order valence-electron chi connectivity index (χ2n) is 7.76. The molecule has 1 saturated carbocycles. The van der Waals surface area contributed by atoms with Crippen LogP contribution in [-0.4, -0.2) is 77.5 Å². The van der Waals surface area contributed by atoms with Crippen LogP contribution in [0.3, 0.4) is 0 Å². The van der Waals surface area contributed by atoms with Crippen molar-refractivity contribution >= 4 is 17.8 Å². The number of ether oxygens (including phenoxy) is 2. The van der Waals surface area contributed by atoms with E-state index < -0.39 is 0 Å². The predicted octanol–water partition coefficient (Wildman–Crippen LogP) is 1.49. The number of nitrogens with zero attached hydrogens (tertiary/aromatic N) is 3. The lowest BCUT2D eigenvalue weighted by Crippen LogP contribution is -2.48.